The molecule has 1 atom stereocenters. The monoisotopic (exact) mass is 204 g/mol. The molecule has 1 unspecified atom stereocenters. The van der Waals surface area contributed by atoms with Gasteiger partial charge in [0.1, 0.15) is 0 Å². The van der Waals surface area contributed by atoms with Crippen molar-refractivity contribution in [3.63, 3.8) is 0 Å². The van der Waals surface area contributed by atoms with Gasteiger partial charge in [-0.3, -0.25) is 0 Å². The van der Waals surface area contributed by atoms with E-state index in [2.05, 4.69) is 19.7 Å². The Kier molecular flexibility index (Phi) is 3.41. The van der Waals surface area contributed by atoms with Crippen molar-refractivity contribution in [3.8, 4) is 0 Å². The molecule has 78 valence electrons. The van der Waals surface area contributed by atoms with Crippen LogP contribution in [-0.4, -0.2) is 19.9 Å². The van der Waals surface area contributed by atoms with E-state index < -0.39 is 9.80 Å². The smallest absolute Gasteiger partial charge is 0.0775 e. The molecule has 0 aromatic rings. The van der Waals surface area contributed by atoms with Crippen molar-refractivity contribution in [2.45, 2.75) is 44.8 Å². The first kappa shape index (κ1) is 11.1. The molecule has 0 aliphatic heterocycles. The van der Waals surface area contributed by atoms with Crippen LogP contribution in [0.25, 0.3) is 0 Å². The van der Waals surface area contributed by atoms with Crippen LogP contribution in [0.5, 0.6) is 0 Å². The summed E-state index contributed by atoms with van der Waals surface area (Å²) in [6.07, 6.45) is 3.94. The normalized spacial score (nSPS) is 34.5. The molecule has 0 aromatic heterocycles. The van der Waals surface area contributed by atoms with Crippen LogP contribution in [0.1, 0.15) is 39.5 Å². The minimum Gasteiger partial charge on any atom is -0.314 e. The molecule has 1 aliphatic rings. The van der Waals surface area contributed by atoms with Gasteiger partial charge in [0.05, 0.1) is 15.1 Å². The predicted molar refractivity (Wildman–Crippen MR) is 58.5 cm³/mol. The molecule has 1 N–H and O–H groups in total. The van der Waals surface area contributed by atoms with Gasteiger partial charge in [0.2, 0.25) is 0 Å². The first-order chi connectivity index (χ1) is 5.91. The van der Waals surface area contributed by atoms with Gasteiger partial charge in [0.15, 0.2) is 0 Å². The molecule has 0 saturated heterocycles. The Labute approximate surface area is 81.6 Å². The topological polar surface area (TPSA) is 37.3 Å². The minimum atomic E-state index is -2.78. The van der Waals surface area contributed by atoms with Crippen molar-refractivity contribution < 1.29 is 8.76 Å². The van der Waals surface area contributed by atoms with E-state index in [1.807, 2.05) is 0 Å². The van der Waals surface area contributed by atoms with Crippen LogP contribution in [0.2, 0.25) is 0 Å². The Morgan fingerprint density at radius 2 is 1.77 bits per heavy atom. The maximum Gasteiger partial charge on any atom is 0.0775 e. The SMILES string of the molecule is C=S(=O)(O)C1CCC(C(C)C)CC1. The minimum absolute atomic E-state index is 0.0532. The first-order valence-corrected chi connectivity index (χ1v) is 6.74. The highest BCUT2D eigenvalue weighted by molar-refractivity contribution is 7.95. The lowest BCUT2D eigenvalue weighted by molar-refractivity contribution is 0.278. The molecule has 0 amide bonds. The molecule has 1 aliphatic carbocycles. The zero-order chi connectivity index (χ0) is 10.1. The molecule has 1 fully saturated rings. The molecule has 13 heavy (non-hydrogen) atoms. The van der Waals surface area contributed by atoms with Gasteiger partial charge < -0.3 is 4.55 Å². The van der Waals surface area contributed by atoms with Crippen LogP contribution in [0.15, 0.2) is 0 Å². The van der Waals surface area contributed by atoms with Crippen LogP contribution in [0.4, 0.5) is 0 Å². The van der Waals surface area contributed by atoms with Gasteiger partial charge in [0, 0.05) is 0 Å². The molecule has 3 heteroatoms. The quantitative estimate of drug-likeness (QED) is 0.701. The molecule has 0 spiro atoms. The van der Waals surface area contributed by atoms with Gasteiger partial charge in [-0.15, -0.1) is 0 Å². The van der Waals surface area contributed by atoms with Crippen molar-refractivity contribution in [1.29, 1.82) is 0 Å². The zero-order valence-electron chi connectivity index (χ0n) is 8.53. The number of hydrogen-bond acceptors (Lipinski definition) is 1. The van der Waals surface area contributed by atoms with E-state index in [-0.39, 0.29) is 5.25 Å². The van der Waals surface area contributed by atoms with E-state index in [1.54, 1.807) is 0 Å². The average molecular weight is 204 g/mol. The van der Waals surface area contributed by atoms with E-state index in [1.165, 1.54) is 0 Å². The summed E-state index contributed by atoms with van der Waals surface area (Å²) in [6.45, 7) is 4.46. The molecule has 0 heterocycles. The molecule has 0 radical (unpaired) electrons. The average Bonchev–Trinajstić information content (AvgIpc) is 2.03. The van der Waals surface area contributed by atoms with Gasteiger partial charge in [-0.2, -0.15) is 0 Å². The highest BCUT2D eigenvalue weighted by Crippen LogP contribution is 2.32. The number of hydrogen-bond donors (Lipinski definition) is 1. The lowest BCUT2D eigenvalue weighted by Crippen LogP contribution is -2.28. The van der Waals surface area contributed by atoms with Gasteiger partial charge >= 0.3 is 0 Å². The summed E-state index contributed by atoms with van der Waals surface area (Å²) in [6, 6.07) is 0. The molecule has 1 rings (SSSR count). The van der Waals surface area contributed by atoms with Gasteiger partial charge in [-0.1, -0.05) is 13.8 Å². The lowest BCUT2D eigenvalue weighted by Gasteiger charge is -2.30. The van der Waals surface area contributed by atoms with Crippen LogP contribution in [0, 0.1) is 11.8 Å². The van der Waals surface area contributed by atoms with Gasteiger partial charge in [-0.25, -0.2) is 4.21 Å². The van der Waals surface area contributed by atoms with Crippen LogP contribution >= 0.6 is 0 Å². The van der Waals surface area contributed by atoms with E-state index in [4.69, 9.17) is 0 Å². The summed E-state index contributed by atoms with van der Waals surface area (Å²) in [5.74, 6) is 4.80. The molecule has 0 aromatic carbocycles. The van der Waals surface area contributed by atoms with Crippen molar-refractivity contribution in [2.75, 3.05) is 0 Å². The first-order valence-electron chi connectivity index (χ1n) is 4.99. The van der Waals surface area contributed by atoms with Crippen molar-refractivity contribution in [2.24, 2.45) is 11.8 Å². The fraction of sp³-hybridized carbons (Fsp3) is 0.900. The van der Waals surface area contributed by atoms with Crippen molar-refractivity contribution >= 4 is 15.7 Å². The summed E-state index contributed by atoms with van der Waals surface area (Å²) in [7, 11) is -2.78. The Morgan fingerprint density at radius 1 is 1.31 bits per heavy atom. The maximum atomic E-state index is 11.3. The largest absolute Gasteiger partial charge is 0.314 e. The summed E-state index contributed by atoms with van der Waals surface area (Å²) < 4.78 is 20.5. The summed E-state index contributed by atoms with van der Waals surface area (Å²) >= 11 is 0. The zero-order valence-corrected chi connectivity index (χ0v) is 9.35. The Morgan fingerprint density at radius 3 is 2.08 bits per heavy atom. The second kappa shape index (κ2) is 4.01. The highest BCUT2D eigenvalue weighted by Gasteiger charge is 2.27. The second-order valence-electron chi connectivity index (χ2n) is 4.47. The summed E-state index contributed by atoms with van der Waals surface area (Å²) in [5.41, 5.74) is 0. The highest BCUT2D eigenvalue weighted by atomic mass is 32.2. The molecular formula is C10H20O2S. The Balaban J connectivity index is 2.49. The Bertz CT molecular complexity index is 246. The third kappa shape index (κ3) is 2.99. The van der Waals surface area contributed by atoms with Crippen molar-refractivity contribution in [3.05, 3.63) is 0 Å². The van der Waals surface area contributed by atoms with E-state index in [0.29, 0.717) is 5.92 Å². The molecular weight excluding hydrogens is 184 g/mol. The Hall–Kier alpha value is -0.0200. The van der Waals surface area contributed by atoms with E-state index in [9.17, 15) is 8.76 Å². The van der Waals surface area contributed by atoms with Crippen LogP contribution < -0.4 is 0 Å². The standard InChI is InChI=1S/C10H20O2S/c1-8(2)9-4-6-10(7-5-9)13(3,11)12/h8-10H,3-7H2,1-2H3,(H,11,12). The predicted octanol–water partition coefficient (Wildman–Crippen LogP) is 2.39. The molecule has 2 nitrogen and oxygen atoms in total. The van der Waals surface area contributed by atoms with E-state index in [0.717, 1.165) is 31.6 Å². The van der Waals surface area contributed by atoms with E-state index >= 15 is 0 Å². The second-order valence-corrected chi connectivity index (χ2v) is 6.52. The fourth-order valence-electron chi connectivity index (χ4n) is 2.12. The molecule has 1 saturated carbocycles. The van der Waals surface area contributed by atoms with Crippen LogP contribution in [0.3, 0.4) is 0 Å². The fourth-order valence-corrected chi connectivity index (χ4v) is 3.13. The summed E-state index contributed by atoms with van der Waals surface area (Å²) in [5, 5.41) is -0.0532. The van der Waals surface area contributed by atoms with Gasteiger partial charge in [0.25, 0.3) is 0 Å². The maximum absolute atomic E-state index is 11.3. The molecule has 0 bridgehead atoms. The van der Waals surface area contributed by atoms with Crippen molar-refractivity contribution in [1.82, 2.24) is 0 Å². The lowest BCUT2D eigenvalue weighted by atomic mass is 9.81. The third-order valence-electron chi connectivity index (χ3n) is 3.18. The number of rotatable bonds is 2. The third-order valence-corrected chi connectivity index (χ3v) is 4.70. The van der Waals surface area contributed by atoms with Crippen LogP contribution in [-0.2, 0) is 9.80 Å². The summed E-state index contributed by atoms with van der Waals surface area (Å²) in [4.78, 5) is 0. The van der Waals surface area contributed by atoms with Gasteiger partial charge in [-0.05, 0) is 43.4 Å².